The normalized spacial score (nSPS) is 12.7. The van der Waals surface area contributed by atoms with Gasteiger partial charge in [0.25, 0.3) is 0 Å². The monoisotopic (exact) mass is 347 g/mol. The van der Waals surface area contributed by atoms with Crippen LogP contribution >= 0.6 is 38.9 Å². The van der Waals surface area contributed by atoms with E-state index in [2.05, 4.69) is 21.2 Å². The maximum Gasteiger partial charge on any atom is 0.126 e. The van der Waals surface area contributed by atoms with Crippen LogP contribution in [0.15, 0.2) is 34.1 Å². The molecular weight excluding hydrogens is 337 g/mol. The van der Waals surface area contributed by atoms with Gasteiger partial charge >= 0.3 is 0 Å². The molecule has 1 heterocycles. The fraction of sp³-hybridized carbons (Fsp3) is 0.231. The number of hydrogen-bond acceptors (Lipinski definition) is 2. The topological polar surface area (TPSA) is 12.0 Å². The second-order valence-corrected chi connectivity index (χ2v) is 6.85. The van der Waals surface area contributed by atoms with E-state index in [1.807, 2.05) is 19.2 Å². The fourth-order valence-electron chi connectivity index (χ4n) is 1.78. The van der Waals surface area contributed by atoms with Crippen LogP contribution in [-0.2, 0) is 6.42 Å². The van der Waals surface area contributed by atoms with Crippen LogP contribution in [0.2, 0.25) is 5.02 Å². The zero-order chi connectivity index (χ0) is 13.1. The van der Waals surface area contributed by atoms with Crippen LogP contribution in [0.25, 0.3) is 0 Å². The van der Waals surface area contributed by atoms with Crippen LogP contribution in [0.4, 0.5) is 4.39 Å². The summed E-state index contributed by atoms with van der Waals surface area (Å²) in [5.74, 6) is -0.213. The number of hydrogen-bond donors (Lipinski definition) is 1. The molecule has 0 bridgehead atoms. The highest BCUT2D eigenvalue weighted by Crippen LogP contribution is 2.30. The van der Waals surface area contributed by atoms with Crippen LogP contribution in [-0.4, -0.2) is 7.05 Å². The summed E-state index contributed by atoms with van der Waals surface area (Å²) < 4.78 is 14.8. The van der Waals surface area contributed by atoms with Crippen molar-refractivity contribution in [3.63, 3.8) is 0 Å². The molecule has 0 amide bonds. The van der Waals surface area contributed by atoms with E-state index in [1.165, 1.54) is 10.9 Å². The first-order chi connectivity index (χ1) is 8.60. The molecule has 0 spiro atoms. The number of rotatable bonds is 4. The Labute approximate surface area is 123 Å². The maximum atomic E-state index is 13.7. The molecule has 5 heteroatoms. The molecule has 0 aliphatic carbocycles. The molecule has 0 saturated carbocycles. The van der Waals surface area contributed by atoms with Crippen molar-refractivity contribution in [1.29, 1.82) is 0 Å². The van der Waals surface area contributed by atoms with Gasteiger partial charge in [-0.1, -0.05) is 11.6 Å². The summed E-state index contributed by atoms with van der Waals surface area (Å²) in [5.41, 5.74) is 0.631. The molecule has 1 N–H and O–H groups in total. The first-order valence-corrected chi connectivity index (χ1v) is 7.45. The molecule has 1 nitrogen and oxygen atoms in total. The summed E-state index contributed by atoms with van der Waals surface area (Å²) in [5, 5.41) is 3.77. The van der Waals surface area contributed by atoms with E-state index in [0.717, 1.165) is 3.79 Å². The smallest absolute Gasteiger partial charge is 0.126 e. The second kappa shape index (κ2) is 6.15. The van der Waals surface area contributed by atoms with Crippen molar-refractivity contribution in [2.75, 3.05) is 7.05 Å². The molecule has 0 radical (unpaired) electrons. The lowest BCUT2D eigenvalue weighted by molar-refractivity contribution is 0.560. The number of likely N-dealkylation sites (N-methyl/N-ethyl adjacent to an activating group) is 1. The Morgan fingerprint density at radius 3 is 2.78 bits per heavy atom. The summed E-state index contributed by atoms with van der Waals surface area (Å²) in [6.45, 7) is 0. The van der Waals surface area contributed by atoms with Gasteiger partial charge in [-0.3, -0.25) is 0 Å². The van der Waals surface area contributed by atoms with Gasteiger partial charge in [0.05, 0.1) is 3.79 Å². The first kappa shape index (κ1) is 14.0. The molecule has 1 aromatic carbocycles. The van der Waals surface area contributed by atoms with Gasteiger partial charge in [-0.2, -0.15) is 0 Å². The van der Waals surface area contributed by atoms with E-state index in [0.29, 0.717) is 17.0 Å². The Bertz CT molecular complexity index is 544. The largest absolute Gasteiger partial charge is 0.312 e. The van der Waals surface area contributed by atoms with Crippen molar-refractivity contribution < 1.29 is 4.39 Å². The predicted octanol–water partition coefficient (Wildman–Crippen LogP) is 4.81. The average Bonchev–Trinajstić information content (AvgIpc) is 2.77. The number of benzene rings is 1. The molecule has 18 heavy (non-hydrogen) atoms. The average molecular weight is 349 g/mol. The summed E-state index contributed by atoms with van der Waals surface area (Å²) >= 11 is 11.0. The number of nitrogens with one attached hydrogen (secondary N) is 1. The Morgan fingerprint density at radius 1 is 1.39 bits per heavy atom. The molecule has 2 aromatic rings. The molecule has 0 saturated heterocycles. The van der Waals surface area contributed by atoms with Crippen molar-refractivity contribution in [2.24, 2.45) is 0 Å². The highest BCUT2D eigenvalue weighted by atomic mass is 79.9. The van der Waals surface area contributed by atoms with Gasteiger partial charge in [-0.25, -0.2) is 4.39 Å². The van der Waals surface area contributed by atoms with E-state index in [4.69, 9.17) is 11.6 Å². The Hall–Kier alpha value is -0.420. The standard InChI is InChI=1S/C13H12BrClFNS/c1-17-11(12-4-5-13(14)18-12)7-8-6-9(15)2-3-10(8)16/h2-6,11,17H,7H2,1H3. The van der Waals surface area contributed by atoms with Crippen molar-refractivity contribution in [3.8, 4) is 0 Å². The molecule has 0 fully saturated rings. The minimum absolute atomic E-state index is 0.0919. The third-order valence-corrected chi connectivity index (χ3v) is 4.69. The highest BCUT2D eigenvalue weighted by molar-refractivity contribution is 9.11. The van der Waals surface area contributed by atoms with Gasteiger partial charge < -0.3 is 5.32 Å². The zero-order valence-corrected chi connectivity index (χ0v) is 12.9. The summed E-state index contributed by atoms with van der Waals surface area (Å²) in [7, 11) is 1.88. The number of halogens is 3. The van der Waals surface area contributed by atoms with Gasteiger partial charge in [0.2, 0.25) is 0 Å². The minimum atomic E-state index is -0.213. The zero-order valence-electron chi connectivity index (χ0n) is 9.71. The quantitative estimate of drug-likeness (QED) is 0.836. The van der Waals surface area contributed by atoms with Crippen LogP contribution in [0.3, 0.4) is 0 Å². The predicted molar refractivity (Wildman–Crippen MR) is 78.9 cm³/mol. The molecule has 0 aliphatic heterocycles. The van der Waals surface area contributed by atoms with Crippen molar-refractivity contribution in [1.82, 2.24) is 5.32 Å². The van der Waals surface area contributed by atoms with Crippen molar-refractivity contribution >= 4 is 38.9 Å². The molecule has 1 atom stereocenters. The van der Waals surface area contributed by atoms with Crippen LogP contribution < -0.4 is 5.32 Å². The lowest BCUT2D eigenvalue weighted by Gasteiger charge is -2.15. The fourth-order valence-corrected chi connectivity index (χ4v) is 3.51. The van der Waals surface area contributed by atoms with E-state index in [1.54, 1.807) is 23.5 Å². The first-order valence-electron chi connectivity index (χ1n) is 5.46. The summed E-state index contributed by atoms with van der Waals surface area (Å²) in [6, 6.07) is 8.79. The Balaban J connectivity index is 2.22. The van der Waals surface area contributed by atoms with Crippen molar-refractivity contribution in [3.05, 3.63) is 55.4 Å². The highest BCUT2D eigenvalue weighted by Gasteiger charge is 2.15. The Kier molecular flexibility index (Phi) is 4.78. The van der Waals surface area contributed by atoms with Gasteiger partial charge in [-0.15, -0.1) is 11.3 Å². The van der Waals surface area contributed by atoms with Gasteiger partial charge in [0.1, 0.15) is 5.82 Å². The van der Waals surface area contributed by atoms with Crippen LogP contribution in [0, 0.1) is 5.82 Å². The molecular formula is C13H12BrClFNS. The summed E-state index contributed by atoms with van der Waals surface area (Å²) in [4.78, 5) is 1.17. The molecule has 1 unspecified atom stereocenters. The lowest BCUT2D eigenvalue weighted by Crippen LogP contribution is -2.18. The SMILES string of the molecule is CNC(Cc1cc(Cl)ccc1F)c1ccc(Br)s1. The van der Waals surface area contributed by atoms with E-state index >= 15 is 0 Å². The summed E-state index contributed by atoms with van der Waals surface area (Å²) in [6.07, 6.45) is 0.579. The van der Waals surface area contributed by atoms with E-state index < -0.39 is 0 Å². The van der Waals surface area contributed by atoms with Gasteiger partial charge in [-0.05, 0) is 65.3 Å². The Morgan fingerprint density at radius 2 is 2.17 bits per heavy atom. The molecule has 0 aliphatic rings. The third kappa shape index (κ3) is 3.32. The second-order valence-electron chi connectivity index (χ2n) is 3.92. The maximum absolute atomic E-state index is 13.7. The van der Waals surface area contributed by atoms with Gasteiger partial charge in [0, 0.05) is 15.9 Å². The van der Waals surface area contributed by atoms with Crippen LogP contribution in [0.5, 0.6) is 0 Å². The van der Waals surface area contributed by atoms with E-state index in [9.17, 15) is 4.39 Å². The minimum Gasteiger partial charge on any atom is -0.312 e. The molecule has 96 valence electrons. The molecule has 1 aromatic heterocycles. The van der Waals surface area contributed by atoms with E-state index in [-0.39, 0.29) is 11.9 Å². The molecule has 2 rings (SSSR count). The third-order valence-electron chi connectivity index (χ3n) is 2.72. The van der Waals surface area contributed by atoms with Crippen LogP contribution in [0.1, 0.15) is 16.5 Å². The van der Waals surface area contributed by atoms with Crippen molar-refractivity contribution in [2.45, 2.75) is 12.5 Å². The lowest BCUT2D eigenvalue weighted by atomic mass is 10.0. The van der Waals surface area contributed by atoms with Gasteiger partial charge in [0.15, 0.2) is 0 Å². The number of thiophene rings is 1.